The van der Waals surface area contributed by atoms with Crippen LogP contribution in [0.15, 0.2) is 30.3 Å². The summed E-state index contributed by atoms with van der Waals surface area (Å²) in [6.07, 6.45) is 58.8. The number of hydrogen-bond donors (Lipinski definition) is 4. The molecule has 1 aromatic rings. The fraction of sp³-hybridized carbons (Fsp3) is 0.872. The lowest BCUT2D eigenvalue weighted by atomic mass is 9.79. The van der Waals surface area contributed by atoms with Gasteiger partial charge >= 0.3 is 30.5 Å². The molecular weight excluding hydrogens is 1260 g/mol. The van der Waals surface area contributed by atoms with Crippen molar-refractivity contribution in [2.45, 2.75) is 452 Å². The molecule has 101 heavy (non-hydrogen) atoms. The Bertz CT molecular complexity index is 2130. The second kappa shape index (κ2) is 59.8. The van der Waals surface area contributed by atoms with Gasteiger partial charge in [0.05, 0.1) is 0 Å². The summed E-state index contributed by atoms with van der Waals surface area (Å²) in [7, 11) is 0. The number of rotatable bonds is 42. The summed E-state index contributed by atoms with van der Waals surface area (Å²) in [4.78, 5) is 61.7. The maximum absolute atomic E-state index is 13.0. The summed E-state index contributed by atoms with van der Waals surface area (Å²) in [5.41, 5.74) is -0.179. The Balaban J connectivity index is 0.000000635. The van der Waals surface area contributed by atoms with Gasteiger partial charge in [0.25, 0.3) is 0 Å². The molecule has 1 atom stereocenters. The third kappa shape index (κ3) is 50.6. The first-order valence-electron chi connectivity index (χ1n) is 42.4. The quantitative estimate of drug-likeness (QED) is 0.0363. The van der Waals surface area contributed by atoms with Crippen LogP contribution in [0.4, 0.5) is 24.0 Å². The van der Waals surface area contributed by atoms with Crippen molar-refractivity contribution in [2.24, 2.45) is 5.92 Å². The average molecular weight is 1430 g/mol. The van der Waals surface area contributed by atoms with Crippen molar-refractivity contribution in [3.8, 4) is 0 Å². The van der Waals surface area contributed by atoms with Crippen molar-refractivity contribution in [1.29, 1.82) is 0 Å². The summed E-state index contributed by atoms with van der Waals surface area (Å²) < 4.78 is 27.7. The average Bonchev–Trinajstić information content (AvgIpc) is 1.46. The molecule has 0 bridgehead atoms. The smallest absolute Gasteiger partial charge is 0.410 e. The van der Waals surface area contributed by atoms with Crippen LogP contribution in [0.2, 0.25) is 0 Å². The van der Waals surface area contributed by atoms with Gasteiger partial charge < -0.3 is 49.9 Å². The maximum atomic E-state index is 13.0. The van der Waals surface area contributed by atoms with E-state index < -0.39 is 5.60 Å². The van der Waals surface area contributed by atoms with Crippen LogP contribution in [-0.4, -0.2) is 96.0 Å². The fourth-order valence-electron chi connectivity index (χ4n) is 14.0. The van der Waals surface area contributed by atoms with E-state index in [1.54, 1.807) is 0 Å². The highest BCUT2D eigenvalue weighted by Crippen LogP contribution is 2.37. The van der Waals surface area contributed by atoms with Crippen LogP contribution in [0.5, 0.6) is 0 Å². The van der Waals surface area contributed by atoms with Crippen molar-refractivity contribution < 1.29 is 47.7 Å². The number of carbonyl (C=O) groups excluding carboxylic acids is 5. The first kappa shape index (κ1) is 94.6. The molecule has 4 aliphatic rings. The Labute approximate surface area is 621 Å². The molecule has 5 amide bonds. The lowest BCUT2D eigenvalue weighted by Gasteiger charge is -2.41. The number of unbranched alkanes of at least 4 members (excludes halogenated alkanes) is 24. The second-order valence-electron chi connectivity index (χ2n) is 32.1. The SMILES string of the molecule is CC(OC(=O)N(C1CCCCC1)C1CCCCC1)c1ccccc1.CCCCCCCCCNC(=O)OC(C)(C)C.CCCCCCCCCNC(=O)OC(C)(C)C1CCCCC1.CCCCCCCCCNC(=O)OC(C)(C)CC.CCCCCCCCCNC(=O)OC1(CC)CCCC1. The van der Waals surface area contributed by atoms with Crippen LogP contribution in [-0.2, 0) is 23.7 Å². The molecule has 15 nitrogen and oxygen atoms in total. The topological polar surface area (TPSA) is 183 Å². The van der Waals surface area contributed by atoms with Crippen molar-refractivity contribution >= 4 is 30.5 Å². The zero-order valence-electron chi connectivity index (χ0n) is 68.2. The van der Waals surface area contributed by atoms with Gasteiger partial charge in [-0.2, -0.15) is 0 Å². The van der Waals surface area contributed by atoms with E-state index in [-0.39, 0.29) is 53.4 Å². The fourth-order valence-corrected chi connectivity index (χ4v) is 14.0. The molecule has 0 aromatic heterocycles. The summed E-state index contributed by atoms with van der Waals surface area (Å²) in [6, 6.07) is 10.8. The summed E-state index contributed by atoms with van der Waals surface area (Å²) in [5, 5.41) is 11.4. The van der Waals surface area contributed by atoms with E-state index in [1.807, 2.05) is 78.8 Å². The second-order valence-corrected chi connectivity index (χ2v) is 32.1. The molecule has 0 spiro atoms. The van der Waals surface area contributed by atoms with E-state index in [0.717, 1.165) is 109 Å². The number of amides is 5. The lowest BCUT2D eigenvalue weighted by molar-refractivity contribution is -0.0185. The number of nitrogens with one attached hydrogen (secondary N) is 4. The first-order valence-corrected chi connectivity index (χ1v) is 42.4. The molecule has 4 fully saturated rings. The molecule has 590 valence electrons. The van der Waals surface area contributed by atoms with Crippen LogP contribution in [0.25, 0.3) is 0 Å². The Kier molecular flexibility index (Phi) is 56.0. The van der Waals surface area contributed by atoms with Gasteiger partial charge in [0, 0.05) is 38.3 Å². The van der Waals surface area contributed by atoms with Gasteiger partial charge in [-0.05, 0) is 170 Å². The van der Waals surface area contributed by atoms with Crippen LogP contribution in [0.3, 0.4) is 0 Å². The van der Waals surface area contributed by atoms with Crippen molar-refractivity contribution in [3.63, 3.8) is 0 Å². The van der Waals surface area contributed by atoms with Gasteiger partial charge in [0.15, 0.2) is 0 Å². The molecule has 0 heterocycles. The van der Waals surface area contributed by atoms with Crippen molar-refractivity contribution in [3.05, 3.63) is 35.9 Å². The highest BCUT2D eigenvalue weighted by molar-refractivity contribution is 5.70. The van der Waals surface area contributed by atoms with Gasteiger partial charge in [-0.1, -0.05) is 284 Å². The van der Waals surface area contributed by atoms with E-state index in [9.17, 15) is 24.0 Å². The molecule has 1 aromatic carbocycles. The van der Waals surface area contributed by atoms with Gasteiger partial charge in [0.2, 0.25) is 0 Å². The maximum Gasteiger partial charge on any atom is 0.410 e. The molecule has 0 saturated heterocycles. The minimum atomic E-state index is -0.399. The predicted molar refractivity (Wildman–Crippen MR) is 423 cm³/mol. The Morgan fingerprint density at radius 2 is 0.762 bits per heavy atom. The van der Waals surface area contributed by atoms with Gasteiger partial charge in [-0.3, -0.25) is 0 Å². The predicted octanol–water partition coefficient (Wildman–Crippen LogP) is 25.8. The Morgan fingerprint density at radius 3 is 1.12 bits per heavy atom. The molecule has 0 radical (unpaired) electrons. The third-order valence-electron chi connectivity index (χ3n) is 20.9. The van der Waals surface area contributed by atoms with Gasteiger partial charge in [-0.25, -0.2) is 24.0 Å². The summed E-state index contributed by atoms with van der Waals surface area (Å²) >= 11 is 0. The third-order valence-corrected chi connectivity index (χ3v) is 20.9. The molecule has 15 heteroatoms. The standard InChI is InChI=1S/C21H31NO2.C19H37NO2.C17H33NO2.C15H31NO2.C14H29NO2/c1-17(18-11-5-2-6-12-18)24-21(23)22(19-13-7-3-8-14-19)20-15-9-4-10-16-20;1-4-5-6-7-8-9-13-16-20-18(21)22-19(2,3)17-14-11-10-12-15-17;1-3-5-6-7-8-9-12-15-18-16(19)20-17(4-2)13-10-11-14-17;1-5-7-8-9-10-11-12-13-16-14(17)18-15(3,4)6-2;1-5-6-7-8-9-10-11-12-15-13(16)17-14(2,3)4/h2,5-6,11-12,17,19-20H,3-4,7-10,13-16H2,1H3;17H,4-16H2,1-3H3,(H,20,21);3-15H2,1-2H3,(H,18,19);5-13H2,1-4H3,(H,16,17);5-12H2,1-4H3,(H,15,16). The van der Waals surface area contributed by atoms with E-state index in [2.05, 4.69) is 74.6 Å². The first-order chi connectivity index (χ1) is 48.5. The Hall–Kier alpha value is -4.43. The highest BCUT2D eigenvalue weighted by atomic mass is 16.6. The zero-order chi connectivity index (χ0) is 74.7. The number of ether oxygens (including phenoxy) is 5. The van der Waals surface area contributed by atoms with E-state index in [0.29, 0.717) is 18.0 Å². The number of hydrogen-bond acceptors (Lipinski definition) is 10. The van der Waals surface area contributed by atoms with Crippen LogP contribution < -0.4 is 21.3 Å². The van der Waals surface area contributed by atoms with Crippen molar-refractivity contribution in [1.82, 2.24) is 26.2 Å². The molecular formula is C86H161N5O10. The summed E-state index contributed by atoms with van der Waals surface area (Å²) in [5.74, 6) is 0.519. The lowest BCUT2D eigenvalue weighted by Crippen LogP contribution is -2.49. The largest absolute Gasteiger partial charge is 0.444 e. The number of alkyl carbamates (subject to hydrolysis) is 4. The molecule has 1 unspecified atom stereocenters. The molecule has 4 N–H and O–H groups in total. The number of benzene rings is 1. The molecule has 4 aliphatic carbocycles. The molecule has 0 aliphatic heterocycles. The number of carbonyl (C=O) groups is 5. The van der Waals surface area contributed by atoms with E-state index in [1.165, 1.54) is 238 Å². The molecule has 5 rings (SSSR count). The normalized spacial score (nSPS) is 15.9. The zero-order valence-corrected chi connectivity index (χ0v) is 68.2. The minimum absolute atomic E-state index is 0.0925. The highest BCUT2D eigenvalue weighted by Gasteiger charge is 2.37. The van der Waals surface area contributed by atoms with Crippen LogP contribution in [0, 0.1) is 5.92 Å². The summed E-state index contributed by atoms with van der Waals surface area (Å²) in [6.45, 7) is 31.6. The van der Waals surface area contributed by atoms with Crippen LogP contribution in [0.1, 0.15) is 423 Å². The van der Waals surface area contributed by atoms with Gasteiger partial charge in [0.1, 0.15) is 28.5 Å². The van der Waals surface area contributed by atoms with E-state index in [4.69, 9.17) is 23.7 Å². The number of nitrogens with zero attached hydrogens (tertiary/aromatic N) is 1. The van der Waals surface area contributed by atoms with Gasteiger partial charge in [-0.15, -0.1) is 0 Å². The van der Waals surface area contributed by atoms with E-state index >= 15 is 0 Å². The van der Waals surface area contributed by atoms with Crippen molar-refractivity contribution in [2.75, 3.05) is 26.2 Å². The van der Waals surface area contributed by atoms with Crippen LogP contribution >= 0.6 is 0 Å². The molecule has 4 saturated carbocycles. The Morgan fingerprint density at radius 1 is 0.426 bits per heavy atom. The minimum Gasteiger partial charge on any atom is -0.444 e. The monoisotopic (exact) mass is 1420 g/mol.